The monoisotopic (exact) mass is 288 g/mol. The van der Waals surface area contributed by atoms with E-state index in [0.29, 0.717) is 11.3 Å². The molecule has 0 radical (unpaired) electrons. The first-order valence-electron chi connectivity index (χ1n) is 7.09. The van der Waals surface area contributed by atoms with Gasteiger partial charge in [0, 0.05) is 11.6 Å². The third-order valence-corrected chi connectivity index (χ3v) is 3.84. The van der Waals surface area contributed by atoms with Gasteiger partial charge in [-0.1, -0.05) is 0 Å². The highest BCUT2D eigenvalue weighted by molar-refractivity contribution is 5.34. The van der Waals surface area contributed by atoms with Gasteiger partial charge in [0.05, 0.1) is 19.3 Å². The third kappa shape index (κ3) is 2.82. The van der Waals surface area contributed by atoms with Crippen molar-refractivity contribution >= 4 is 0 Å². The topological polar surface area (TPSA) is 44.1 Å². The highest BCUT2D eigenvalue weighted by atomic mass is 19.1. The summed E-state index contributed by atoms with van der Waals surface area (Å²) < 4.78 is 20.0. The Bertz CT molecular complexity index is 725. The Morgan fingerprint density at radius 3 is 2.90 bits per heavy atom. The number of methoxy groups -OCH3 is 1. The number of fused-ring (bicyclic) bond motifs is 1. The van der Waals surface area contributed by atoms with E-state index in [1.165, 1.54) is 23.9 Å². The molecular weight excluding hydrogens is 271 g/mol. The van der Waals surface area contributed by atoms with Gasteiger partial charge in [-0.25, -0.2) is 9.07 Å². The Morgan fingerprint density at radius 2 is 2.10 bits per heavy atom. The minimum Gasteiger partial charge on any atom is -0.496 e. The lowest BCUT2D eigenvalue weighted by molar-refractivity contribution is 0.405. The zero-order valence-electron chi connectivity index (χ0n) is 11.9. The molecule has 5 heteroatoms. The number of rotatable bonds is 3. The van der Waals surface area contributed by atoms with Crippen molar-refractivity contribution in [1.82, 2.24) is 9.78 Å². The Kier molecular flexibility index (Phi) is 3.73. The highest BCUT2D eigenvalue weighted by Gasteiger charge is 2.14. The summed E-state index contributed by atoms with van der Waals surface area (Å²) in [4.78, 5) is 12.1. The molecule has 1 aromatic heterocycles. The second-order valence-electron chi connectivity index (χ2n) is 5.28. The number of ether oxygens (including phenoxy) is 1. The predicted molar refractivity (Wildman–Crippen MR) is 77.2 cm³/mol. The van der Waals surface area contributed by atoms with Gasteiger partial charge in [0.25, 0.3) is 5.56 Å². The lowest BCUT2D eigenvalue weighted by Crippen LogP contribution is -2.26. The Labute approximate surface area is 122 Å². The van der Waals surface area contributed by atoms with E-state index in [4.69, 9.17) is 4.74 Å². The van der Waals surface area contributed by atoms with Crippen molar-refractivity contribution in [3.8, 4) is 5.75 Å². The number of benzene rings is 1. The van der Waals surface area contributed by atoms with Crippen molar-refractivity contribution < 1.29 is 9.13 Å². The summed E-state index contributed by atoms with van der Waals surface area (Å²) in [6, 6.07) is 5.94. The van der Waals surface area contributed by atoms with E-state index in [0.717, 1.165) is 36.9 Å². The van der Waals surface area contributed by atoms with E-state index in [2.05, 4.69) is 5.10 Å². The van der Waals surface area contributed by atoms with Gasteiger partial charge >= 0.3 is 0 Å². The zero-order chi connectivity index (χ0) is 14.8. The van der Waals surface area contributed by atoms with Crippen LogP contribution in [-0.2, 0) is 19.4 Å². The van der Waals surface area contributed by atoms with Crippen LogP contribution in [0.25, 0.3) is 0 Å². The standard InChI is InChI=1S/C16H17FN2O2/c1-21-15-7-6-13(17)8-12(15)10-19-16(20)9-11-4-2-3-5-14(11)18-19/h6-9H,2-5,10H2,1H3. The minimum atomic E-state index is -0.350. The molecule has 1 aromatic carbocycles. The van der Waals surface area contributed by atoms with E-state index in [-0.39, 0.29) is 17.9 Å². The molecule has 0 amide bonds. The molecule has 0 saturated heterocycles. The summed E-state index contributed by atoms with van der Waals surface area (Å²) >= 11 is 0. The van der Waals surface area contributed by atoms with Crippen molar-refractivity contribution in [2.45, 2.75) is 32.2 Å². The largest absolute Gasteiger partial charge is 0.496 e. The van der Waals surface area contributed by atoms with Crippen LogP contribution in [0.2, 0.25) is 0 Å². The van der Waals surface area contributed by atoms with Gasteiger partial charge in [0.15, 0.2) is 0 Å². The number of hydrogen-bond acceptors (Lipinski definition) is 3. The summed E-state index contributed by atoms with van der Waals surface area (Å²) in [6.07, 6.45) is 4.02. The minimum absolute atomic E-state index is 0.151. The van der Waals surface area contributed by atoms with Gasteiger partial charge < -0.3 is 4.74 Å². The molecule has 0 saturated carbocycles. The van der Waals surface area contributed by atoms with Crippen LogP contribution in [0.4, 0.5) is 4.39 Å². The van der Waals surface area contributed by atoms with E-state index in [1.807, 2.05) is 0 Å². The molecule has 1 heterocycles. The molecule has 1 aliphatic carbocycles. The Morgan fingerprint density at radius 1 is 1.29 bits per heavy atom. The maximum absolute atomic E-state index is 13.4. The van der Waals surface area contributed by atoms with E-state index >= 15 is 0 Å². The summed E-state index contributed by atoms with van der Waals surface area (Å²) in [5.41, 5.74) is 2.50. The highest BCUT2D eigenvalue weighted by Crippen LogP contribution is 2.21. The zero-order valence-corrected chi connectivity index (χ0v) is 11.9. The summed E-state index contributed by atoms with van der Waals surface area (Å²) in [5.74, 6) is 0.208. The molecule has 21 heavy (non-hydrogen) atoms. The number of halogens is 1. The fraction of sp³-hybridized carbons (Fsp3) is 0.375. The van der Waals surface area contributed by atoms with Crippen molar-refractivity contribution in [2.24, 2.45) is 0 Å². The summed E-state index contributed by atoms with van der Waals surface area (Å²) in [7, 11) is 1.53. The van der Waals surface area contributed by atoms with Crippen LogP contribution in [-0.4, -0.2) is 16.9 Å². The molecular formula is C16H17FN2O2. The SMILES string of the molecule is COc1ccc(F)cc1Cn1nc2c(cc1=O)CCCC2. The number of hydrogen-bond donors (Lipinski definition) is 0. The molecule has 1 aliphatic rings. The molecule has 2 aromatic rings. The van der Waals surface area contributed by atoms with E-state index in [1.54, 1.807) is 12.1 Å². The summed E-state index contributed by atoms with van der Waals surface area (Å²) in [5, 5.41) is 4.44. The van der Waals surface area contributed by atoms with Gasteiger partial charge in [0.2, 0.25) is 0 Å². The first-order valence-corrected chi connectivity index (χ1v) is 7.09. The Balaban J connectivity index is 1.98. The fourth-order valence-electron chi connectivity index (χ4n) is 2.75. The normalized spacial score (nSPS) is 13.8. The van der Waals surface area contributed by atoms with Gasteiger partial charge in [-0.3, -0.25) is 4.79 Å². The molecule has 0 N–H and O–H groups in total. The molecule has 0 unspecified atom stereocenters. The van der Waals surface area contributed by atoms with E-state index in [9.17, 15) is 9.18 Å². The van der Waals surface area contributed by atoms with Crippen molar-refractivity contribution in [3.63, 3.8) is 0 Å². The van der Waals surface area contributed by atoms with Gasteiger partial charge in [-0.05, 0) is 49.4 Å². The molecule has 4 nitrogen and oxygen atoms in total. The molecule has 110 valence electrons. The molecule has 0 atom stereocenters. The molecule has 0 fully saturated rings. The van der Waals surface area contributed by atoms with Gasteiger partial charge in [-0.15, -0.1) is 0 Å². The van der Waals surface area contributed by atoms with Crippen LogP contribution >= 0.6 is 0 Å². The fourth-order valence-corrected chi connectivity index (χ4v) is 2.75. The molecule has 0 bridgehead atoms. The van der Waals surface area contributed by atoms with Crippen LogP contribution in [0.5, 0.6) is 5.75 Å². The maximum atomic E-state index is 13.4. The number of nitrogens with zero attached hydrogens (tertiary/aromatic N) is 2. The second-order valence-corrected chi connectivity index (χ2v) is 5.28. The average molecular weight is 288 g/mol. The molecule has 0 aliphatic heterocycles. The van der Waals surface area contributed by atoms with Crippen molar-refractivity contribution in [1.29, 1.82) is 0 Å². The first kappa shape index (κ1) is 13.8. The van der Waals surface area contributed by atoms with Crippen molar-refractivity contribution in [3.05, 3.63) is 57.3 Å². The summed E-state index contributed by atoms with van der Waals surface area (Å²) in [6.45, 7) is 0.215. The lowest BCUT2D eigenvalue weighted by Gasteiger charge is -2.16. The lowest BCUT2D eigenvalue weighted by atomic mass is 9.97. The van der Waals surface area contributed by atoms with Crippen LogP contribution in [0, 0.1) is 5.82 Å². The van der Waals surface area contributed by atoms with Crippen molar-refractivity contribution in [2.75, 3.05) is 7.11 Å². The van der Waals surface area contributed by atoms with E-state index < -0.39 is 0 Å². The third-order valence-electron chi connectivity index (χ3n) is 3.84. The Hall–Kier alpha value is -2.17. The molecule has 3 rings (SSSR count). The average Bonchev–Trinajstić information content (AvgIpc) is 2.48. The van der Waals surface area contributed by atoms with Crippen LogP contribution in [0.3, 0.4) is 0 Å². The van der Waals surface area contributed by atoms with Crippen LogP contribution in [0.15, 0.2) is 29.1 Å². The second kappa shape index (κ2) is 5.68. The first-order chi connectivity index (χ1) is 10.2. The quantitative estimate of drug-likeness (QED) is 0.870. The predicted octanol–water partition coefficient (Wildman–Crippen LogP) is 2.32. The number of aromatic nitrogens is 2. The van der Waals surface area contributed by atoms with Crippen LogP contribution in [0.1, 0.15) is 29.7 Å². The smallest absolute Gasteiger partial charge is 0.267 e. The maximum Gasteiger partial charge on any atom is 0.267 e. The van der Waals surface area contributed by atoms with Crippen LogP contribution < -0.4 is 10.3 Å². The van der Waals surface area contributed by atoms with Gasteiger partial charge in [-0.2, -0.15) is 5.10 Å². The number of aryl methyl sites for hydroxylation is 2. The molecule has 0 spiro atoms. The van der Waals surface area contributed by atoms with Gasteiger partial charge in [0.1, 0.15) is 11.6 Å².